The minimum absolute atomic E-state index is 0.130. The number of furan rings is 1. The molecule has 0 amide bonds. The number of halogens is 1. The Labute approximate surface area is 118 Å². The summed E-state index contributed by atoms with van der Waals surface area (Å²) in [6.07, 6.45) is 0.743. The molecule has 0 saturated heterocycles. The van der Waals surface area contributed by atoms with Gasteiger partial charge in [-0.25, -0.2) is 0 Å². The van der Waals surface area contributed by atoms with Gasteiger partial charge in [-0.15, -0.1) is 0 Å². The highest BCUT2D eigenvalue weighted by atomic mass is 35.5. The quantitative estimate of drug-likeness (QED) is 0.933. The van der Waals surface area contributed by atoms with Crippen molar-refractivity contribution in [1.82, 2.24) is 9.78 Å². The lowest BCUT2D eigenvalue weighted by molar-refractivity contribution is 0.202. The van der Waals surface area contributed by atoms with E-state index in [4.69, 9.17) is 16.0 Å². The molecule has 104 valence electrons. The summed E-state index contributed by atoms with van der Waals surface area (Å²) in [6.45, 7) is 9.68. The van der Waals surface area contributed by atoms with Crippen molar-refractivity contribution in [2.45, 2.75) is 46.8 Å². The summed E-state index contributed by atoms with van der Waals surface area (Å²) in [6, 6.07) is 0.130. The average molecular weight is 283 g/mol. The van der Waals surface area contributed by atoms with Crippen LogP contribution in [0.3, 0.4) is 0 Å². The number of aromatic nitrogens is 2. The third-order valence-corrected chi connectivity index (χ3v) is 3.72. The number of aliphatic hydroxyl groups is 1. The molecule has 4 nitrogen and oxygen atoms in total. The van der Waals surface area contributed by atoms with Crippen molar-refractivity contribution in [1.29, 1.82) is 0 Å². The van der Waals surface area contributed by atoms with Crippen molar-refractivity contribution in [3.8, 4) is 0 Å². The predicted octanol–water partition coefficient (Wildman–Crippen LogP) is 3.72. The minimum Gasteiger partial charge on any atom is -0.466 e. The Morgan fingerprint density at radius 3 is 2.37 bits per heavy atom. The molecule has 1 N–H and O–H groups in total. The van der Waals surface area contributed by atoms with E-state index < -0.39 is 6.10 Å². The van der Waals surface area contributed by atoms with Crippen molar-refractivity contribution in [3.05, 3.63) is 39.6 Å². The van der Waals surface area contributed by atoms with E-state index in [1.807, 2.05) is 34.6 Å². The average Bonchev–Trinajstić information content (AvgIpc) is 2.81. The number of hydrogen-bond acceptors (Lipinski definition) is 3. The third-order valence-electron chi connectivity index (χ3n) is 3.43. The maximum atomic E-state index is 10.7. The molecule has 0 radical (unpaired) electrons. The molecule has 0 aliphatic rings. The van der Waals surface area contributed by atoms with E-state index in [1.165, 1.54) is 0 Å². The smallest absolute Gasteiger partial charge is 0.126 e. The zero-order valence-electron chi connectivity index (χ0n) is 11.9. The third kappa shape index (κ3) is 2.30. The highest BCUT2D eigenvalue weighted by Gasteiger charge is 2.26. The van der Waals surface area contributed by atoms with E-state index in [0.29, 0.717) is 10.7 Å². The summed E-state index contributed by atoms with van der Waals surface area (Å²) in [4.78, 5) is 0. The van der Waals surface area contributed by atoms with Gasteiger partial charge >= 0.3 is 0 Å². The molecule has 0 aliphatic heterocycles. The number of hydrogen-bond donors (Lipinski definition) is 1. The van der Waals surface area contributed by atoms with Crippen LogP contribution in [0.4, 0.5) is 0 Å². The molecule has 1 unspecified atom stereocenters. The monoisotopic (exact) mass is 282 g/mol. The van der Waals surface area contributed by atoms with Gasteiger partial charge in [0.05, 0.1) is 16.9 Å². The molecule has 2 rings (SSSR count). The topological polar surface area (TPSA) is 51.2 Å². The molecule has 1 atom stereocenters. The fourth-order valence-electron chi connectivity index (χ4n) is 2.37. The van der Waals surface area contributed by atoms with Crippen LogP contribution in [0.1, 0.15) is 54.3 Å². The summed E-state index contributed by atoms with van der Waals surface area (Å²) in [7, 11) is 0. The van der Waals surface area contributed by atoms with Gasteiger partial charge in [-0.1, -0.05) is 11.6 Å². The molecule has 2 aromatic rings. The Morgan fingerprint density at radius 2 is 1.89 bits per heavy atom. The van der Waals surface area contributed by atoms with Crippen LogP contribution in [0.25, 0.3) is 0 Å². The normalized spacial score (nSPS) is 13.3. The summed E-state index contributed by atoms with van der Waals surface area (Å²) >= 11 is 6.17. The molecular formula is C14H19ClN2O2. The first-order valence-corrected chi connectivity index (χ1v) is 6.69. The lowest BCUT2D eigenvalue weighted by atomic mass is 10.0. The van der Waals surface area contributed by atoms with Crippen molar-refractivity contribution < 1.29 is 9.52 Å². The van der Waals surface area contributed by atoms with E-state index in [0.717, 1.165) is 22.6 Å². The van der Waals surface area contributed by atoms with Crippen LogP contribution >= 0.6 is 11.6 Å². The van der Waals surface area contributed by atoms with Gasteiger partial charge < -0.3 is 9.52 Å². The Morgan fingerprint density at radius 1 is 1.26 bits per heavy atom. The number of rotatable bonds is 3. The fourth-order valence-corrected chi connectivity index (χ4v) is 2.60. The summed E-state index contributed by atoms with van der Waals surface area (Å²) in [5.74, 6) is 1.54. The van der Waals surface area contributed by atoms with Crippen LogP contribution in [0.15, 0.2) is 10.6 Å². The van der Waals surface area contributed by atoms with Crippen LogP contribution in [-0.2, 0) is 0 Å². The molecule has 19 heavy (non-hydrogen) atoms. The van der Waals surface area contributed by atoms with Gasteiger partial charge in [0.1, 0.15) is 17.6 Å². The lowest BCUT2D eigenvalue weighted by Crippen LogP contribution is -2.13. The summed E-state index contributed by atoms with van der Waals surface area (Å²) in [5, 5.41) is 15.4. The van der Waals surface area contributed by atoms with E-state index in [1.54, 1.807) is 10.9 Å². The standard InChI is InChI=1S/C14H19ClN2O2/c1-7(2)17-13(11(15)6-16-17)14(18)12-8(3)9(4)19-10(12)5/h6-7,14,18H,1-5H3. The minimum atomic E-state index is -0.824. The second-order valence-corrected chi connectivity index (χ2v) is 5.48. The summed E-state index contributed by atoms with van der Waals surface area (Å²) < 4.78 is 7.32. The second-order valence-electron chi connectivity index (χ2n) is 5.07. The van der Waals surface area contributed by atoms with E-state index in [-0.39, 0.29) is 6.04 Å². The Hall–Kier alpha value is -1.26. The van der Waals surface area contributed by atoms with Crippen molar-refractivity contribution >= 4 is 11.6 Å². The highest BCUT2D eigenvalue weighted by molar-refractivity contribution is 6.31. The Kier molecular flexibility index (Phi) is 3.74. The fraction of sp³-hybridized carbons (Fsp3) is 0.500. The predicted molar refractivity (Wildman–Crippen MR) is 74.6 cm³/mol. The molecule has 0 fully saturated rings. The molecule has 0 saturated carbocycles. The molecule has 5 heteroatoms. The number of aliphatic hydroxyl groups excluding tert-OH is 1. The first-order valence-electron chi connectivity index (χ1n) is 6.32. The van der Waals surface area contributed by atoms with Gasteiger partial charge in [-0.2, -0.15) is 5.10 Å². The van der Waals surface area contributed by atoms with Gasteiger partial charge in [-0.3, -0.25) is 4.68 Å². The maximum Gasteiger partial charge on any atom is 0.126 e. The Bertz CT molecular complexity index is 599. The van der Waals surface area contributed by atoms with Gasteiger partial charge in [0.25, 0.3) is 0 Å². The molecule has 0 bridgehead atoms. The van der Waals surface area contributed by atoms with Gasteiger partial charge in [0.2, 0.25) is 0 Å². The van der Waals surface area contributed by atoms with Crippen LogP contribution < -0.4 is 0 Å². The molecule has 0 aliphatic carbocycles. The first kappa shape index (κ1) is 14.2. The van der Waals surface area contributed by atoms with Gasteiger partial charge in [0.15, 0.2) is 0 Å². The van der Waals surface area contributed by atoms with Crippen molar-refractivity contribution in [2.75, 3.05) is 0 Å². The SMILES string of the molecule is Cc1oc(C)c(C(O)c2c(Cl)cnn2C(C)C)c1C. The molecule has 2 aromatic heterocycles. The second kappa shape index (κ2) is 5.02. The lowest BCUT2D eigenvalue weighted by Gasteiger charge is -2.17. The van der Waals surface area contributed by atoms with Crippen LogP contribution in [0.5, 0.6) is 0 Å². The maximum absolute atomic E-state index is 10.7. The molecule has 2 heterocycles. The van der Waals surface area contributed by atoms with Gasteiger partial charge in [0, 0.05) is 11.6 Å². The highest BCUT2D eigenvalue weighted by Crippen LogP contribution is 2.35. The molecule has 0 spiro atoms. The van der Waals surface area contributed by atoms with E-state index in [2.05, 4.69) is 5.10 Å². The van der Waals surface area contributed by atoms with Crippen LogP contribution in [0, 0.1) is 20.8 Å². The largest absolute Gasteiger partial charge is 0.466 e. The first-order chi connectivity index (χ1) is 8.84. The molecule has 0 aromatic carbocycles. The van der Waals surface area contributed by atoms with E-state index in [9.17, 15) is 5.11 Å². The van der Waals surface area contributed by atoms with Crippen LogP contribution in [0.2, 0.25) is 5.02 Å². The zero-order valence-corrected chi connectivity index (χ0v) is 12.6. The summed E-state index contributed by atoms with van der Waals surface area (Å²) in [5.41, 5.74) is 2.35. The zero-order chi connectivity index (χ0) is 14.3. The Balaban J connectivity index is 2.56. The number of nitrogens with zero attached hydrogens (tertiary/aromatic N) is 2. The van der Waals surface area contributed by atoms with Gasteiger partial charge in [-0.05, 0) is 40.2 Å². The molecular weight excluding hydrogens is 264 g/mol. The van der Waals surface area contributed by atoms with Crippen molar-refractivity contribution in [3.63, 3.8) is 0 Å². The van der Waals surface area contributed by atoms with E-state index >= 15 is 0 Å². The van der Waals surface area contributed by atoms with Crippen molar-refractivity contribution in [2.24, 2.45) is 0 Å². The number of aryl methyl sites for hydroxylation is 2. The van der Waals surface area contributed by atoms with Crippen LogP contribution in [-0.4, -0.2) is 14.9 Å².